The van der Waals surface area contributed by atoms with E-state index in [1.165, 1.54) is 22.9 Å². The number of fused-ring (bicyclic) bond motifs is 1. The van der Waals surface area contributed by atoms with Gasteiger partial charge in [-0.3, -0.25) is 4.79 Å². The van der Waals surface area contributed by atoms with Crippen molar-refractivity contribution < 1.29 is 4.79 Å². The van der Waals surface area contributed by atoms with Crippen LogP contribution in [0.15, 0.2) is 66.0 Å². The van der Waals surface area contributed by atoms with Crippen LogP contribution in [0, 0.1) is 20.8 Å². The Balaban J connectivity index is 1.56. The maximum Gasteiger partial charge on any atom is 0.237 e. The van der Waals surface area contributed by atoms with Crippen LogP contribution >= 0.6 is 11.8 Å². The molecule has 0 bridgehead atoms. The number of hydrogen-bond donors (Lipinski definition) is 0. The molecule has 31 heavy (non-hydrogen) atoms. The Morgan fingerprint density at radius 3 is 2.65 bits per heavy atom. The van der Waals surface area contributed by atoms with Crippen LogP contribution in [0.25, 0.3) is 16.8 Å². The molecular weight excluding hydrogens is 404 g/mol. The van der Waals surface area contributed by atoms with Crippen molar-refractivity contribution in [1.29, 1.82) is 0 Å². The SMILES string of the molecule is CCN(C(=O)CSc1nccn2nc(-c3ccc(C)c(C)c3)cc12)c1cccc(C)c1. The monoisotopic (exact) mass is 430 g/mol. The fourth-order valence-corrected chi connectivity index (χ4v) is 4.41. The van der Waals surface area contributed by atoms with E-state index in [2.05, 4.69) is 37.0 Å². The summed E-state index contributed by atoms with van der Waals surface area (Å²) in [6.07, 6.45) is 3.58. The minimum Gasteiger partial charge on any atom is -0.312 e. The molecule has 158 valence electrons. The van der Waals surface area contributed by atoms with E-state index in [9.17, 15) is 4.79 Å². The lowest BCUT2D eigenvalue weighted by Gasteiger charge is -2.21. The summed E-state index contributed by atoms with van der Waals surface area (Å²) in [7, 11) is 0. The van der Waals surface area contributed by atoms with Gasteiger partial charge in [-0.2, -0.15) is 5.10 Å². The van der Waals surface area contributed by atoms with Crippen molar-refractivity contribution >= 4 is 28.9 Å². The van der Waals surface area contributed by atoms with Gasteiger partial charge in [0.05, 0.1) is 17.0 Å². The zero-order valence-corrected chi connectivity index (χ0v) is 19.1. The van der Waals surface area contributed by atoms with Crippen LogP contribution in [-0.4, -0.2) is 32.8 Å². The quantitative estimate of drug-likeness (QED) is 0.381. The summed E-state index contributed by atoms with van der Waals surface area (Å²) < 4.78 is 1.84. The molecule has 0 N–H and O–H groups in total. The van der Waals surface area contributed by atoms with E-state index in [1.54, 1.807) is 6.20 Å². The Bertz CT molecular complexity index is 1250. The zero-order chi connectivity index (χ0) is 22.0. The first kappa shape index (κ1) is 21.1. The zero-order valence-electron chi connectivity index (χ0n) is 18.3. The standard InChI is InChI=1S/C25H26N4OS/c1-5-28(21-8-6-7-17(2)13-21)24(30)16-31-25-23-15-22(27-29(23)12-11-26-25)20-10-9-18(3)19(4)14-20/h6-15H,5,16H2,1-4H3. The fourth-order valence-electron chi connectivity index (χ4n) is 3.56. The van der Waals surface area contributed by atoms with E-state index in [-0.39, 0.29) is 5.91 Å². The lowest BCUT2D eigenvalue weighted by molar-refractivity contribution is -0.116. The van der Waals surface area contributed by atoms with Crippen molar-refractivity contribution in [3.05, 3.63) is 77.6 Å². The van der Waals surface area contributed by atoms with Crippen LogP contribution in [0.5, 0.6) is 0 Å². The summed E-state index contributed by atoms with van der Waals surface area (Å²) in [5, 5.41) is 5.52. The van der Waals surface area contributed by atoms with Crippen LogP contribution in [0.2, 0.25) is 0 Å². The number of benzene rings is 2. The third kappa shape index (κ3) is 4.49. The van der Waals surface area contributed by atoms with E-state index >= 15 is 0 Å². The molecule has 0 saturated heterocycles. The third-order valence-electron chi connectivity index (χ3n) is 5.42. The van der Waals surface area contributed by atoms with Crippen molar-refractivity contribution in [3.8, 4) is 11.3 Å². The smallest absolute Gasteiger partial charge is 0.237 e. The van der Waals surface area contributed by atoms with Gasteiger partial charge in [0.1, 0.15) is 5.03 Å². The predicted octanol–water partition coefficient (Wildman–Crippen LogP) is 5.47. The number of carbonyl (C=O) groups excluding carboxylic acids is 1. The average Bonchev–Trinajstić information content (AvgIpc) is 3.20. The summed E-state index contributed by atoms with van der Waals surface area (Å²) in [6.45, 7) is 8.88. The van der Waals surface area contributed by atoms with E-state index in [0.717, 1.165) is 33.1 Å². The molecular formula is C25H26N4OS. The molecule has 2 aromatic carbocycles. The third-order valence-corrected chi connectivity index (χ3v) is 6.40. The Kier molecular flexibility index (Phi) is 6.09. The molecule has 5 nitrogen and oxygen atoms in total. The minimum absolute atomic E-state index is 0.0656. The first-order valence-corrected chi connectivity index (χ1v) is 11.4. The second-order valence-electron chi connectivity index (χ2n) is 7.66. The number of aromatic nitrogens is 3. The molecule has 4 rings (SSSR count). The summed E-state index contributed by atoms with van der Waals surface area (Å²) >= 11 is 1.45. The van der Waals surface area contributed by atoms with E-state index in [1.807, 2.05) is 59.8 Å². The van der Waals surface area contributed by atoms with Crippen molar-refractivity contribution in [2.24, 2.45) is 0 Å². The summed E-state index contributed by atoms with van der Waals surface area (Å²) in [6, 6.07) is 16.4. The molecule has 0 aliphatic rings. The molecule has 0 aliphatic heterocycles. The molecule has 6 heteroatoms. The van der Waals surface area contributed by atoms with Crippen molar-refractivity contribution in [2.45, 2.75) is 32.7 Å². The molecule has 0 fully saturated rings. The van der Waals surface area contributed by atoms with Gasteiger partial charge in [-0.25, -0.2) is 9.50 Å². The fraction of sp³-hybridized carbons (Fsp3) is 0.240. The predicted molar refractivity (Wildman–Crippen MR) is 128 cm³/mol. The van der Waals surface area contributed by atoms with Crippen molar-refractivity contribution in [1.82, 2.24) is 14.6 Å². The summed E-state index contributed by atoms with van der Waals surface area (Å²) in [5.41, 5.74) is 7.46. The van der Waals surface area contributed by atoms with Crippen LogP contribution < -0.4 is 4.90 Å². The first-order valence-electron chi connectivity index (χ1n) is 10.4. The Labute approximate surface area is 187 Å². The molecule has 0 atom stereocenters. The van der Waals surface area contributed by atoms with Gasteiger partial charge in [0.2, 0.25) is 5.91 Å². The van der Waals surface area contributed by atoms with E-state index < -0.39 is 0 Å². The first-order chi connectivity index (χ1) is 15.0. The molecule has 0 spiro atoms. The normalized spacial score (nSPS) is 11.1. The highest BCUT2D eigenvalue weighted by Gasteiger charge is 2.16. The second-order valence-corrected chi connectivity index (χ2v) is 8.62. The van der Waals surface area contributed by atoms with Crippen LogP contribution in [-0.2, 0) is 4.79 Å². The van der Waals surface area contributed by atoms with Crippen LogP contribution in [0.1, 0.15) is 23.6 Å². The molecule has 4 aromatic rings. The maximum absolute atomic E-state index is 12.9. The van der Waals surface area contributed by atoms with Gasteiger partial charge in [0.25, 0.3) is 0 Å². The van der Waals surface area contributed by atoms with E-state index in [0.29, 0.717) is 12.3 Å². The number of hydrogen-bond acceptors (Lipinski definition) is 4. The number of carbonyl (C=O) groups is 1. The number of amides is 1. The Morgan fingerprint density at radius 2 is 1.90 bits per heavy atom. The summed E-state index contributed by atoms with van der Waals surface area (Å²) in [5.74, 6) is 0.384. The maximum atomic E-state index is 12.9. The van der Waals surface area contributed by atoms with Crippen LogP contribution in [0.4, 0.5) is 5.69 Å². The number of rotatable bonds is 6. The van der Waals surface area contributed by atoms with Gasteiger partial charge in [0, 0.05) is 30.2 Å². The summed E-state index contributed by atoms with van der Waals surface area (Å²) in [4.78, 5) is 19.3. The number of anilines is 1. The minimum atomic E-state index is 0.0656. The van der Waals surface area contributed by atoms with Gasteiger partial charge in [-0.05, 0) is 68.7 Å². The highest BCUT2D eigenvalue weighted by molar-refractivity contribution is 8.00. The molecule has 2 aromatic heterocycles. The number of nitrogens with zero attached hydrogens (tertiary/aromatic N) is 4. The Hall–Kier alpha value is -3.12. The average molecular weight is 431 g/mol. The van der Waals surface area contributed by atoms with Gasteiger partial charge >= 0.3 is 0 Å². The molecule has 2 heterocycles. The van der Waals surface area contributed by atoms with Crippen LogP contribution in [0.3, 0.4) is 0 Å². The molecule has 1 amide bonds. The molecule has 0 saturated carbocycles. The number of thioether (sulfide) groups is 1. The highest BCUT2D eigenvalue weighted by atomic mass is 32.2. The van der Waals surface area contributed by atoms with Gasteiger partial charge in [-0.15, -0.1) is 0 Å². The second kappa shape index (κ2) is 8.94. The largest absolute Gasteiger partial charge is 0.312 e. The molecule has 0 aliphatic carbocycles. The van der Waals surface area contributed by atoms with Crippen molar-refractivity contribution in [2.75, 3.05) is 17.2 Å². The Morgan fingerprint density at radius 1 is 1.06 bits per heavy atom. The van der Waals surface area contributed by atoms with E-state index in [4.69, 9.17) is 5.10 Å². The van der Waals surface area contributed by atoms with Crippen molar-refractivity contribution in [3.63, 3.8) is 0 Å². The lowest BCUT2D eigenvalue weighted by Crippen LogP contribution is -2.32. The molecule has 0 radical (unpaired) electrons. The van der Waals surface area contributed by atoms with Gasteiger partial charge < -0.3 is 4.90 Å². The van der Waals surface area contributed by atoms with Gasteiger partial charge in [-0.1, -0.05) is 36.0 Å². The molecule has 0 unspecified atom stereocenters. The lowest BCUT2D eigenvalue weighted by atomic mass is 10.0. The number of aryl methyl sites for hydroxylation is 3. The van der Waals surface area contributed by atoms with Gasteiger partial charge in [0.15, 0.2) is 0 Å². The topological polar surface area (TPSA) is 50.5 Å². The highest BCUT2D eigenvalue weighted by Crippen LogP contribution is 2.28.